The van der Waals surface area contributed by atoms with Crippen LogP contribution in [-0.2, 0) is 42.9 Å². The van der Waals surface area contributed by atoms with Crippen molar-refractivity contribution in [2.75, 3.05) is 39.6 Å². The summed E-state index contributed by atoms with van der Waals surface area (Å²) in [5.41, 5.74) is 0. The maximum atomic E-state index is 11.5. The summed E-state index contributed by atoms with van der Waals surface area (Å²) in [5, 5.41) is 0. The van der Waals surface area contributed by atoms with Crippen LogP contribution in [0.25, 0.3) is 0 Å². The van der Waals surface area contributed by atoms with Crippen molar-refractivity contribution >= 4 is 23.9 Å². The minimum atomic E-state index is -0.546. The number of unbranched alkanes of at least 4 members (excludes halogenated alkanes) is 4. The molecule has 0 saturated carbocycles. The Labute approximate surface area is 185 Å². The Morgan fingerprint density at radius 3 is 1.16 bits per heavy atom. The molecule has 0 atom stereocenters. The molecule has 0 fully saturated rings. The van der Waals surface area contributed by atoms with Crippen LogP contribution in [0.4, 0.5) is 0 Å². The van der Waals surface area contributed by atoms with E-state index in [0.717, 1.165) is 12.8 Å². The van der Waals surface area contributed by atoms with Crippen molar-refractivity contribution in [1.82, 2.24) is 0 Å². The molecule has 0 aromatic rings. The van der Waals surface area contributed by atoms with Gasteiger partial charge in [-0.15, -0.1) is 0 Å². The van der Waals surface area contributed by atoms with E-state index >= 15 is 0 Å². The highest BCUT2D eigenvalue weighted by atomic mass is 16.6. The van der Waals surface area contributed by atoms with Gasteiger partial charge in [0.1, 0.15) is 13.2 Å². The van der Waals surface area contributed by atoms with Gasteiger partial charge in [-0.05, 0) is 38.5 Å². The van der Waals surface area contributed by atoms with E-state index in [9.17, 15) is 19.2 Å². The summed E-state index contributed by atoms with van der Waals surface area (Å²) in [4.78, 5) is 45.6. The fourth-order valence-electron chi connectivity index (χ4n) is 2.11. The molecule has 0 aliphatic rings. The Kier molecular flexibility index (Phi) is 17.3. The smallest absolute Gasteiger partial charge is 0.332 e. The second kappa shape index (κ2) is 18.6. The van der Waals surface area contributed by atoms with Gasteiger partial charge >= 0.3 is 23.9 Å². The highest BCUT2D eigenvalue weighted by Crippen LogP contribution is 2.02. The fraction of sp³-hybridized carbons (Fsp3) is 0.818. The lowest BCUT2D eigenvalue weighted by Crippen LogP contribution is -2.19. The Morgan fingerprint density at radius 2 is 0.839 bits per heavy atom. The third-order valence-electron chi connectivity index (χ3n) is 3.97. The van der Waals surface area contributed by atoms with E-state index < -0.39 is 11.9 Å². The topological polar surface area (TPSA) is 114 Å². The molecule has 0 spiro atoms. The van der Waals surface area contributed by atoms with Gasteiger partial charge in [-0.1, -0.05) is 27.7 Å². The van der Waals surface area contributed by atoms with E-state index in [0.29, 0.717) is 38.9 Å². The Hall–Kier alpha value is -2.16. The van der Waals surface area contributed by atoms with Gasteiger partial charge in [0.25, 0.3) is 0 Å². The summed E-state index contributed by atoms with van der Waals surface area (Å²) < 4.78 is 25.1. The monoisotopic (exact) mass is 446 g/mol. The molecule has 0 N–H and O–H groups in total. The number of hydrogen-bond donors (Lipinski definition) is 0. The van der Waals surface area contributed by atoms with E-state index in [1.54, 1.807) is 27.7 Å². The van der Waals surface area contributed by atoms with E-state index in [-0.39, 0.29) is 50.2 Å². The van der Waals surface area contributed by atoms with Gasteiger partial charge in [0.2, 0.25) is 0 Å². The van der Waals surface area contributed by atoms with Crippen molar-refractivity contribution in [1.29, 1.82) is 0 Å². The third-order valence-corrected chi connectivity index (χ3v) is 3.97. The summed E-state index contributed by atoms with van der Waals surface area (Å²) in [6.45, 7) is 7.70. The first-order chi connectivity index (χ1) is 14.7. The van der Waals surface area contributed by atoms with E-state index in [1.165, 1.54) is 0 Å². The number of carbonyl (C=O) groups excluding carboxylic acids is 4. The fourth-order valence-corrected chi connectivity index (χ4v) is 2.11. The molecule has 0 saturated heterocycles. The summed E-state index contributed by atoms with van der Waals surface area (Å²) in [6.07, 6.45) is 4.27. The number of hydrogen-bond acceptors (Lipinski definition) is 9. The first-order valence-electron chi connectivity index (χ1n) is 11.0. The summed E-state index contributed by atoms with van der Waals surface area (Å²) in [7, 11) is 0. The molecule has 31 heavy (non-hydrogen) atoms. The van der Waals surface area contributed by atoms with Gasteiger partial charge in [-0.3, -0.25) is 9.59 Å². The lowest BCUT2D eigenvalue weighted by Gasteiger charge is -2.08. The van der Waals surface area contributed by atoms with Crippen LogP contribution in [0.2, 0.25) is 0 Å². The van der Waals surface area contributed by atoms with Crippen molar-refractivity contribution in [2.24, 2.45) is 11.8 Å². The molecule has 9 heteroatoms. The summed E-state index contributed by atoms with van der Waals surface area (Å²) in [5.74, 6) is -1.79. The predicted octanol–water partition coefficient (Wildman–Crippen LogP) is 2.83. The minimum absolute atomic E-state index is 0.134. The zero-order valence-electron chi connectivity index (χ0n) is 19.3. The highest BCUT2D eigenvalue weighted by Gasteiger charge is 2.09. The third kappa shape index (κ3) is 18.3. The van der Waals surface area contributed by atoms with Gasteiger partial charge in [0, 0.05) is 0 Å². The van der Waals surface area contributed by atoms with Crippen LogP contribution < -0.4 is 0 Å². The molecule has 9 nitrogen and oxygen atoms in total. The SMILES string of the molecule is CC(C)C(=O)OCCCCCOC(=O)COCC(=O)OCCCCCOC(=O)C(C)C. The van der Waals surface area contributed by atoms with Gasteiger partial charge in [0.15, 0.2) is 0 Å². The van der Waals surface area contributed by atoms with Gasteiger partial charge in [-0.2, -0.15) is 0 Å². The number of rotatable bonds is 18. The average Bonchev–Trinajstić information content (AvgIpc) is 2.71. The molecule has 180 valence electrons. The largest absolute Gasteiger partial charge is 0.465 e. The average molecular weight is 447 g/mol. The molecular formula is C22H38O9. The van der Waals surface area contributed by atoms with Crippen LogP contribution in [-0.4, -0.2) is 63.5 Å². The predicted molar refractivity (Wildman–Crippen MR) is 112 cm³/mol. The first-order valence-corrected chi connectivity index (χ1v) is 11.0. The molecule has 0 amide bonds. The van der Waals surface area contributed by atoms with Gasteiger partial charge in [0.05, 0.1) is 38.3 Å². The summed E-state index contributed by atoms with van der Waals surface area (Å²) in [6, 6.07) is 0. The van der Waals surface area contributed by atoms with Gasteiger partial charge < -0.3 is 23.7 Å². The van der Waals surface area contributed by atoms with Crippen molar-refractivity contribution in [3.05, 3.63) is 0 Å². The zero-order chi connectivity index (χ0) is 23.5. The highest BCUT2D eigenvalue weighted by molar-refractivity contribution is 5.73. The molecule has 0 aliphatic carbocycles. The normalized spacial score (nSPS) is 10.8. The van der Waals surface area contributed by atoms with Crippen molar-refractivity contribution in [3.8, 4) is 0 Å². The first kappa shape index (κ1) is 28.8. The molecule has 0 bridgehead atoms. The molecular weight excluding hydrogens is 408 g/mol. The standard InChI is InChI=1S/C22H38O9/c1-17(2)21(25)30-13-9-5-7-11-28-19(23)15-27-16-20(24)29-12-8-6-10-14-31-22(26)18(3)4/h17-18H,5-16H2,1-4H3. The van der Waals surface area contributed by atoms with Crippen molar-refractivity contribution in [2.45, 2.75) is 66.2 Å². The van der Waals surface area contributed by atoms with Gasteiger partial charge in [-0.25, -0.2) is 9.59 Å². The molecule has 0 aromatic heterocycles. The lowest BCUT2D eigenvalue weighted by molar-refractivity contribution is -0.155. The van der Waals surface area contributed by atoms with Crippen LogP contribution in [0, 0.1) is 11.8 Å². The maximum Gasteiger partial charge on any atom is 0.332 e. The Morgan fingerprint density at radius 1 is 0.516 bits per heavy atom. The Balaban J connectivity index is 3.46. The van der Waals surface area contributed by atoms with Crippen molar-refractivity contribution < 1.29 is 42.9 Å². The zero-order valence-corrected chi connectivity index (χ0v) is 19.3. The molecule has 0 aliphatic heterocycles. The summed E-state index contributed by atoms with van der Waals surface area (Å²) >= 11 is 0. The van der Waals surface area contributed by atoms with E-state index in [4.69, 9.17) is 23.7 Å². The van der Waals surface area contributed by atoms with Crippen LogP contribution in [0.1, 0.15) is 66.2 Å². The van der Waals surface area contributed by atoms with Crippen LogP contribution in [0.3, 0.4) is 0 Å². The van der Waals surface area contributed by atoms with E-state index in [2.05, 4.69) is 0 Å². The molecule has 0 unspecified atom stereocenters. The quantitative estimate of drug-likeness (QED) is 0.178. The van der Waals surface area contributed by atoms with E-state index in [1.807, 2.05) is 0 Å². The lowest BCUT2D eigenvalue weighted by atomic mass is 10.2. The molecule has 0 aromatic carbocycles. The molecule has 0 radical (unpaired) electrons. The Bertz CT molecular complexity index is 483. The maximum absolute atomic E-state index is 11.5. The molecule has 0 rings (SSSR count). The number of carbonyl (C=O) groups is 4. The number of esters is 4. The van der Waals surface area contributed by atoms with Crippen LogP contribution in [0.5, 0.6) is 0 Å². The van der Waals surface area contributed by atoms with Crippen LogP contribution >= 0.6 is 0 Å². The number of ether oxygens (including phenoxy) is 5. The second-order valence-corrected chi connectivity index (χ2v) is 7.70. The van der Waals surface area contributed by atoms with Crippen LogP contribution in [0.15, 0.2) is 0 Å². The minimum Gasteiger partial charge on any atom is -0.465 e. The second-order valence-electron chi connectivity index (χ2n) is 7.70. The van der Waals surface area contributed by atoms with Crippen molar-refractivity contribution in [3.63, 3.8) is 0 Å². The molecule has 0 heterocycles.